The highest BCUT2D eigenvalue weighted by Gasteiger charge is 2.23. The molecule has 1 aromatic rings. The first-order valence-electron chi connectivity index (χ1n) is 7.35. The van der Waals surface area contributed by atoms with Gasteiger partial charge >= 0.3 is 0 Å². The predicted molar refractivity (Wildman–Crippen MR) is 80.5 cm³/mol. The number of anilines is 1. The van der Waals surface area contributed by atoms with E-state index in [0.29, 0.717) is 11.5 Å². The first-order valence-corrected chi connectivity index (χ1v) is 7.35. The smallest absolute Gasteiger partial charge is 0.131 e. The number of nitrogens with zero attached hydrogens (tertiary/aromatic N) is 2. The van der Waals surface area contributed by atoms with Gasteiger partial charge in [0.15, 0.2) is 0 Å². The van der Waals surface area contributed by atoms with Crippen LogP contribution < -0.4 is 4.90 Å². The van der Waals surface area contributed by atoms with Crippen LogP contribution >= 0.6 is 0 Å². The molecule has 1 fully saturated rings. The summed E-state index contributed by atoms with van der Waals surface area (Å²) in [5.74, 6) is 0.401. The molecule has 1 aliphatic rings. The van der Waals surface area contributed by atoms with Crippen LogP contribution in [0.4, 0.5) is 10.1 Å². The van der Waals surface area contributed by atoms with Crippen molar-refractivity contribution in [3.8, 4) is 0 Å². The maximum Gasteiger partial charge on any atom is 0.131 e. The van der Waals surface area contributed by atoms with Gasteiger partial charge in [-0.3, -0.25) is 0 Å². The number of halogens is 1. The minimum atomic E-state index is -0.773. The Kier molecular flexibility index (Phi) is 5.00. The Bertz CT molecular complexity index is 440. The molecule has 1 aromatic carbocycles. The van der Waals surface area contributed by atoms with Crippen molar-refractivity contribution in [2.45, 2.75) is 25.9 Å². The van der Waals surface area contributed by atoms with E-state index in [1.165, 1.54) is 6.07 Å². The maximum absolute atomic E-state index is 13.9. The molecule has 0 aliphatic carbocycles. The molecule has 0 radical (unpaired) electrons. The van der Waals surface area contributed by atoms with Gasteiger partial charge in [0.1, 0.15) is 5.82 Å². The van der Waals surface area contributed by atoms with Gasteiger partial charge in [-0.05, 0) is 51.9 Å². The van der Waals surface area contributed by atoms with E-state index in [2.05, 4.69) is 23.9 Å². The first-order chi connectivity index (χ1) is 9.49. The highest BCUT2D eigenvalue weighted by atomic mass is 19.1. The normalized spacial score (nSPS) is 18.6. The number of rotatable bonds is 4. The van der Waals surface area contributed by atoms with Crippen LogP contribution in [0.2, 0.25) is 0 Å². The molecule has 1 aliphatic heterocycles. The first kappa shape index (κ1) is 15.3. The van der Waals surface area contributed by atoms with Crippen molar-refractivity contribution in [1.29, 1.82) is 0 Å². The Morgan fingerprint density at radius 3 is 2.55 bits per heavy atom. The summed E-state index contributed by atoms with van der Waals surface area (Å²) in [6.07, 6.45) is 1.47. The van der Waals surface area contributed by atoms with Crippen LogP contribution in [-0.4, -0.2) is 43.7 Å². The van der Waals surface area contributed by atoms with E-state index in [1.807, 2.05) is 6.07 Å². The SMILES string of the molecule is C[C@H](O)c1c(F)cccc1N1CCC(CN(C)C)CC1. The number of piperidine rings is 1. The quantitative estimate of drug-likeness (QED) is 0.918. The summed E-state index contributed by atoms with van der Waals surface area (Å²) in [4.78, 5) is 4.43. The molecule has 1 N–H and O–H groups in total. The van der Waals surface area contributed by atoms with E-state index in [0.717, 1.165) is 38.2 Å². The van der Waals surface area contributed by atoms with Crippen molar-refractivity contribution in [2.24, 2.45) is 5.92 Å². The Morgan fingerprint density at radius 2 is 2.00 bits per heavy atom. The van der Waals surface area contributed by atoms with Crippen molar-refractivity contribution in [3.05, 3.63) is 29.6 Å². The summed E-state index contributed by atoms with van der Waals surface area (Å²) in [6.45, 7) is 4.60. The third-order valence-corrected chi connectivity index (χ3v) is 4.03. The van der Waals surface area contributed by atoms with Gasteiger partial charge in [-0.2, -0.15) is 0 Å². The van der Waals surface area contributed by atoms with E-state index in [9.17, 15) is 9.50 Å². The Hall–Kier alpha value is -1.13. The topological polar surface area (TPSA) is 26.7 Å². The van der Waals surface area contributed by atoms with Crippen LogP contribution in [0.5, 0.6) is 0 Å². The van der Waals surface area contributed by atoms with Gasteiger partial charge in [0.25, 0.3) is 0 Å². The summed E-state index contributed by atoms with van der Waals surface area (Å²) in [7, 11) is 4.20. The second-order valence-electron chi connectivity index (χ2n) is 6.04. The second kappa shape index (κ2) is 6.55. The molecule has 112 valence electrons. The standard InChI is InChI=1S/C16H25FN2O/c1-12(20)16-14(17)5-4-6-15(16)19-9-7-13(8-10-19)11-18(2)3/h4-6,12-13,20H,7-11H2,1-3H3/t12-/m0/s1. The second-order valence-corrected chi connectivity index (χ2v) is 6.04. The van der Waals surface area contributed by atoms with Gasteiger partial charge in [-0.1, -0.05) is 6.07 Å². The zero-order valence-electron chi connectivity index (χ0n) is 12.6. The predicted octanol–water partition coefficient (Wildman–Crippen LogP) is 2.66. The number of benzene rings is 1. The van der Waals surface area contributed by atoms with Crippen LogP contribution in [0.25, 0.3) is 0 Å². The zero-order chi connectivity index (χ0) is 14.7. The molecule has 0 aromatic heterocycles. The summed E-state index contributed by atoms with van der Waals surface area (Å²) in [6, 6.07) is 5.06. The van der Waals surface area contributed by atoms with E-state index < -0.39 is 6.10 Å². The van der Waals surface area contributed by atoms with Gasteiger partial charge in [-0.15, -0.1) is 0 Å². The maximum atomic E-state index is 13.9. The molecular formula is C16H25FN2O. The summed E-state index contributed by atoms with van der Waals surface area (Å²) in [5.41, 5.74) is 1.28. The molecule has 1 heterocycles. The number of hydrogen-bond donors (Lipinski definition) is 1. The Labute approximate surface area is 121 Å². The Balaban J connectivity index is 2.09. The average molecular weight is 280 g/mol. The third-order valence-electron chi connectivity index (χ3n) is 4.03. The third kappa shape index (κ3) is 3.49. The molecule has 0 unspecified atom stereocenters. The van der Waals surface area contributed by atoms with Crippen molar-refractivity contribution in [2.75, 3.05) is 38.6 Å². The zero-order valence-corrected chi connectivity index (χ0v) is 12.6. The van der Waals surface area contributed by atoms with E-state index in [-0.39, 0.29) is 5.82 Å². The van der Waals surface area contributed by atoms with Gasteiger partial charge in [0, 0.05) is 30.9 Å². The summed E-state index contributed by atoms with van der Waals surface area (Å²) >= 11 is 0. The summed E-state index contributed by atoms with van der Waals surface area (Å²) in [5, 5.41) is 9.81. The van der Waals surface area contributed by atoms with E-state index >= 15 is 0 Å². The van der Waals surface area contributed by atoms with Crippen LogP contribution in [-0.2, 0) is 0 Å². The molecule has 0 amide bonds. The van der Waals surface area contributed by atoms with Crippen molar-refractivity contribution in [1.82, 2.24) is 4.90 Å². The van der Waals surface area contributed by atoms with Crippen molar-refractivity contribution in [3.63, 3.8) is 0 Å². The molecule has 0 saturated carbocycles. The summed E-state index contributed by atoms with van der Waals surface area (Å²) < 4.78 is 13.9. The lowest BCUT2D eigenvalue weighted by Crippen LogP contribution is -2.37. The van der Waals surface area contributed by atoms with Gasteiger partial charge in [-0.25, -0.2) is 4.39 Å². The van der Waals surface area contributed by atoms with Gasteiger partial charge in [0.2, 0.25) is 0 Å². The van der Waals surface area contributed by atoms with Crippen LogP contribution in [0.3, 0.4) is 0 Å². The molecule has 3 nitrogen and oxygen atoms in total. The van der Waals surface area contributed by atoms with Crippen LogP contribution in [0.15, 0.2) is 18.2 Å². The number of aliphatic hydroxyl groups excluding tert-OH is 1. The molecule has 1 atom stereocenters. The number of hydrogen-bond acceptors (Lipinski definition) is 3. The molecule has 0 spiro atoms. The molecule has 2 rings (SSSR count). The highest BCUT2D eigenvalue weighted by molar-refractivity contribution is 5.55. The van der Waals surface area contributed by atoms with E-state index in [1.54, 1.807) is 13.0 Å². The highest BCUT2D eigenvalue weighted by Crippen LogP contribution is 2.31. The molecule has 20 heavy (non-hydrogen) atoms. The Morgan fingerprint density at radius 1 is 1.35 bits per heavy atom. The fourth-order valence-corrected chi connectivity index (χ4v) is 3.09. The molecule has 0 bridgehead atoms. The van der Waals surface area contributed by atoms with Crippen molar-refractivity contribution < 1.29 is 9.50 Å². The largest absolute Gasteiger partial charge is 0.389 e. The van der Waals surface area contributed by atoms with Crippen molar-refractivity contribution >= 4 is 5.69 Å². The molecule has 1 saturated heterocycles. The fourth-order valence-electron chi connectivity index (χ4n) is 3.09. The molecular weight excluding hydrogens is 255 g/mol. The van der Waals surface area contributed by atoms with Crippen LogP contribution in [0.1, 0.15) is 31.4 Å². The van der Waals surface area contributed by atoms with Gasteiger partial charge in [0.05, 0.1) is 6.10 Å². The lowest BCUT2D eigenvalue weighted by Gasteiger charge is -2.36. The number of aliphatic hydroxyl groups is 1. The minimum Gasteiger partial charge on any atom is -0.389 e. The monoisotopic (exact) mass is 280 g/mol. The molecule has 4 heteroatoms. The minimum absolute atomic E-state index is 0.312. The lowest BCUT2D eigenvalue weighted by molar-refractivity contribution is 0.194. The average Bonchev–Trinajstić information content (AvgIpc) is 2.38. The van der Waals surface area contributed by atoms with Crippen LogP contribution in [0, 0.1) is 11.7 Å². The van der Waals surface area contributed by atoms with E-state index in [4.69, 9.17) is 0 Å². The van der Waals surface area contributed by atoms with Gasteiger partial charge < -0.3 is 14.9 Å². The lowest BCUT2D eigenvalue weighted by atomic mass is 9.95. The fraction of sp³-hybridized carbons (Fsp3) is 0.625.